The minimum atomic E-state index is -0.290. The lowest BCUT2D eigenvalue weighted by atomic mass is 9.88. The molecular formula is C22H25BrN2O3. The molecule has 0 radical (unpaired) electrons. The fourth-order valence-corrected chi connectivity index (χ4v) is 3.97. The van der Waals surface area contributed by atoms with Crippen LogP contribution in [0.4, 0.5) is 11.4 Å². The summed E-state index contributed by atoms with van der Waals surface area (Å²) in [5.41, 5.74) is 1.58. The number of nitrogens with zero attached hydrogens (tertiary/aromatic N) is 1. The van der Waals surface area contributed by atoms with Gasteiger partial charge in [0, 0.05) is 28.8 Å². The first-order valence-corrected chi connectivity index (χ1v) is 10.3. The van der Waals surface area contributed by atoms with Gasteiger partial charge in [0.2, 0.25) is 11.8 Å². The number of hydrogen-bond acceptors (Lipinski definition) is 3. The third-order valence-electron chi connectivity index (χ3n) is 5.15. The fraction of sp³-hybridized carbons (Fsp3) is 0.364. The number of rotatable bonds is 7. The van der Waals surface area contributed by atoms with Crippen molar-refractivity contribution in [2.75, 3.05) is 23.9 Å². The van der Waals surface area contributed by atoms with Crippen molar-refractivity contribution in [2.24, 2.45) is 11.8 Å². The third kappa shape index (κ3) is 4.73. The van der Waals surface area contributed by atoms with Crippen molar-refractivity contribution in [1.29, 1.82) is 0 Å². The van der Waals surface area contributed by atoms with Crippen LogP contribution in [0.3, 0.4) is 0 Å². The molecule has 1 aliphatic rings. The molecule has 0 bridgehead atoms. The Morgan fingerprint density at radius 3 is 2.46 bits per heavy atom. The topological polar surface area (TPSA) is 58.6 Å². The first kappa shape index (κ1) is 20.4. The Hall–Kier alpha value is -2.34. The summed E-state index contributed by atoms with van der Waals surface area (Å²) in [6.45, 7) is 2.77. The molecule has 2 atom stereocenters. The summed E-state index contributed by atoms with van der Waals surface area (Å²) in [6, 6.07) is 14.9. The largest absolute Gasteiger partial charge is 0.497 e. The van der Waals surface area contributed by atoms with E-state index >= 15 is 0 Å². The number of carbonyl (C=O) groups is 2. The smallest absolute Gasteiger partial charge is 0.230 e. The Morgan fingerprint density at radius 2 is 1.86 bits per heavy atom. The normalized spacial score (nSPS) is 19.0. The van der Waals surface area contributed by atoms with Crippen LogP contribution in [0.25, 0.3) is 0 Å². The van der Waals surface area contributed by atoms with Gasteiger partial charge in [-0.15, -0.1) is 0 Å². The average molecular weight is 445 g/mol. The molecule has 0 aliphatic carbocycles. The summed E-state index contributed by atoms with van der Waals surface area (Å²) in [6.07, 6.45) is 2.12. The van der Waals surface area contributed by atoms with Crippen molar-refractivity contribution in [2.45, 2.75) is 26.2 Å². The molecule has 1 fully saturated rings. The second-order valence-electron chi connectivity index (χ2n) is 7.06. The quantitative estimate of drug-likeness (QED) is 0.662. The number of amides is 2. The number of benzene rings is 2. The maximum absolute atomic E-state index is 13.1. The van der Waals surface area contributed by atoms with Gasteiger partial charge in [-0.25, -0.2) is 0 Å². The third-order valence-corrected chi connectivity index (χ3v) is 5.67. The average Bonchev–Trinajstić information content (AvgIpc) is 2.99. The van der Waals surface area contributed by atoms with Gasteiger partial charge >= 0.3 is 0 Å². The van der Waals surface area contributed by atoms with E-state index in [0.29, 0.717) is 12.2 Å². The highest BCUT2D eigenvalue weighted by molar-refractivity contribution is 9.10. The molecule has 0 aromatic heterocycles. The van der Waals surface area contributed by atoms with Crippen molar-refractivity contribution in [3.8, 4) is 5.75 Å². The molecule has 2 amide bonds. The van der Waals surface area contributed by atoms with Crippen LogP contribution in [0, 0.1) is 11.8 Å². The molecule has 148 valence electrons. The van der Waals surface area contributed by atoms with Gasteiger partial charge in [0.15, 0.2) is 0 Å². The number of halogens is 1. The highest BCUT2D eigenvalue weighted by Crippen LogP contribution is 2.35. The number of hydrogen-bond donors (Lipinski definition) is 1. The minimum Gasteiger partial charge on any atom is -0.497 e. The van der Waals surface area contributed by atoms with Crippen LogP contribution in [0.2, 0.25) is 0 Å². The number of ether oxygens (including phenoxy) is 1. The first-order valence-electron chi connectivity index (χ1n) is 9.52. The predicted molar refractivity (Wildman–Crippen MR) is 115 cm³/mol. The Bertz CT molecular complexity index is 821. The summed E-state index contributed by atoms with van der Waals surface area (Å²) in [4.78, 5) is 27.5. The molecule has 5 nitrogen and oxygen atoms in total. The molecule has 1 saturated heterocycles. The zero-order valence-electron chi connectivity index (χ0n) is 16.2. The Morgan fingerprint density at radius 1 is 1.18 bits per heavy atom. The Labute approximate surface area is 174 Å². The molecule has 1 aliphatic heterocycles. The lowest BCUT2D eigenvalue weighted by Crippen LogP contribution is -2.29. The molecule has 2 aromatic carbocycles. The molecule has 3 rings (SSSR count). The van der Waals surface area contributed by atoms with Crippen LogP contribution in [0.5, 0.6) is 5.75 Å². The molecular weight excluding hydrogens is 420 g/mol. The van der Waals surface area contributed by atoms with E-state index in [-0.39, 0.29) is 30.1 Å². The van der Waals surface area contributed by atoms with Crippen LogP contribution < -0.4 is 15.0 Å². The van der Waals surface area contributed by atoms with Gasteiger partial charge in [0.05, 0.1) is 13.0 Å². The lowest BCUT2D eigenvalue weighted by molar-refractivity contribution is -0.125. The monoisotopic (exact) mass is 444 g/mol. The number of methoxy groups -OCH3 is 1. The first-order chi connectivity index (χ1) is 13.5. The highest BCUT2D eigenvalue weighted by atomic mass is 79.9. The van der Waals surface area contributed by atoms with E-state index in [0.717, 1.165) is 28.8 Å². The van der Waals surface area contributed by atoms with E-state index in [9.17, 15) is 9.59 Å². The second-order valence-corrected chi connectivity index (χ2v) is 7.98. The summed E-state index contributed by atoms with van der Waals surface area (Å²) < 4.78 is 6.11. The van der Waals surface area contributed by atoms with Crippen LogP contribution in [-0.4, -0.2) is 25.5 Å². The second kappa shape index (κ2) is 9.24. The number of carbonyl (C=O) groups excluding carboxylic acids is 2. The van der Waals surface area contributed by atoms with Gasteiger partial charge in [-0.3, -0.25) is 9.59 Å². The summed E-state index contributed by atoms with van der Waals surface area (Å²) in [5, 5.41) is 2.89. The zero-order valence-corrected chi connectivity index (χ0v) is 17.7. The van der Waals surface area contributed by atoms with E-state index in [1.54, 1.807) is 31.4 Å². The maximum Gasteiger partial charge on any atom is 0.230 e. The standard InChI is InChI=1S/C22H25BrN2O3/c1-3-4-15-14-25(18-9-5-16(23)6-10-18)22(27)20(15)13-21(26)24-17-7-11-19(28-2)12-8-17/h5-12,15,20H,3-4,13-14H2,1-2H3,(H,24,26)/t15-,20+/m0/s1. The summed E-state index contributed by atoms with van der Waals surface area (Å²) in [7, 11) is 1.60. The molecule has 28 heavy (non-hydrogen) atoms. The SMILES string of the molecule is CCC[C@H]1CN(c2ccc(Br)cc2)C(=O)[C@@H]1CC(=O)Nc1ccc(OC)cc1. The van der Waals surface area contributed by atoms with Crippen LogP contribution in [-0.2, 0) is 9.59 Å². The lowest BCUT2D eigenvalue weighted by Gasteiger charge is -2.17. The molecule has 0 spiro atoms. The summed E-state index contributed by atoms with van der Waals surface area (Å²) in [5.74, 6) is 0.523. The van der Waals surface area contributed by atoms with Gasteiger partial charge in [-0.05, 0) is 60.9 Å². The van der Waals surface area contributed by atoms with Crippen LogP contribution in [0.15, 0.2) is 53.0 Å². The molecule has 6 heteroatoms. The predicted octanol–water partition coefficient (Wildman–Crippen LogP) is 4.87. The highest BCUT2D eigenvalue weighted by Gasteiger charge is 2.41. The molecule has 1 N–H and O–H groups in total. The van der Waals surface area contributed by atoms with Crippen molar-refractivity contribution < 1.29 is 14.3 Å². The Balaban J connectivity index is 1.69. The van der Waals surface area contributed by atoms with Crippen molar-refractivity contribution in [3.05, 3.63) is 53.0 Å². The fourth-order valence-electron chi connectivity index (χ4n) is 3.71. The van der Waals surface area contributed by atoms with Crippen LogP contribution >= 0.6 is 15.9 Å². The van der Waals surface area contributed by atoms with Crippen LogP contribution in [0.1, 0.15) is 26.2 Å². The molecule has 0 unspecified atom stereocenters. The maximum atomic E-state index is 13.1. The zero-order chi connectivity index (χ0) is 20.1. The minimum absolute atomic E-state index is 0.0330. The number of nitrogens with one attached hydrogen (secondary N) is 1. The van der Waals surface area contributed by atoms with E-state index in [2.05, 4.69) is 28.2 Å². The van der Waals surface area contributed by atoms with Gasteiger partial charge in [-0.2, -0.15) is 0 Å². The van der Waals surface area contributed by atoms with E-state index in [1.165, 1.54) is 0 Å². The van der Waals surface area contributed by atoms with Crippen molar-refractivity contribution in [3.63, 3.8) is 0 Å². The van der Waals surface area contributed by atoms with Gasteiger partial charge in [-0.1, -0.05) is 29.3 Å². The van der Waals surface area contributed by atoms with Crippen molar-refractivity contribution >= 4 is 39.1 Å². The summed E-state index contributed by atoms with van der Waals surface area (Å²) >= 11 is 3.43. The van der Waals surface area contributed by atoms with E-state index in [4.69, 9.17) is 4.74 Å². The van der Waals surface area contributed by atoms with Gasteiger partial charge in [0.25, 0.3) is 0 Å². The van der Waals surface area contributed by atoms with Gasteiger partial charge < -0.3 is 15.0 Å². The number of anilines is 2. The van der Waals surface area contributed by atoms with E-state index < -0.39 is 0 Å². The van der Waals surface area contributed by atoms with Gasteiger partial charge in [0.1, 0.15) is 5.75 Å². The molecule has 0 saturated carbocycles. The molecule has 2 aromatic rings. The Kier molecular flexibility index (Phi) is 6.73. The van der Waals surface area contributed by atoms with Crippen molar-refractivity contribution in [1.82, 2.24) is 0 Å². The molecule has 1 heterocycles. The van der Waals surface area contributed by atoms with E-state index in [1.807, 2.05) is 29.2 Å².